The average molecular weight is 234 g/mol. The van der Waals surface area contributed by atoms with E-state index in [0.717, 1.165) is 16.3 Å². The van der Waals surface area contributed by atoms with Gasteiger partial charge in [-0.15, -0.1) is 0 Å². The summed E-state index contributed by atoms with van der Waals surface area (Å²) in [6.45, 7) is 1.40. The minimum absolute atomic E-state index is 0.271. The van der Waals surface area contributed by atoms with Crippen molar-refractivity contribution in [1.82, 2.24) is 0 Å². The number of nitrogens with zero attached hydrogens (tertiary/aromatic N) is 1. The van der Waals surface area contributed by atoms with Crippen LogP contribution in [-0.2, 0) is 4.74 Å². The molecule has 1 aliphatic heterocycles. The van der Waals surface area contributed by atoms with Gasteiger partial charge in [0.15, 0.2) is 0 Å². The van der Waals surface area contributed by atoms with Crippen LogP contribution in [0.15, 0.2) is 24.3 Å². The first kappa shape index (κ1) is 9.90. The Morgan fingerprint density at radius 1 is 1.36 bits per heavy atom. The largest absolute Gasteiger partial charge is 0.491 e. The van der Waals surface area contributed by atoms with E-state index in [4.69, 9.17) is 33.0 Å². The predicted octanol–water partition coefficient (Wildman–Crippen LogP) is 2.58. The van der Waals surface area contributed by atoms with E-state index < -0.39 is 0 Å². The molecule has 1 unspecified atom stereocenters. The standard InChI is InChI=1S/C9H9Cl2NO2/c10-12(11)7-1-3-8(4-2-7)13-5-9-6-14-9/h1-4,9H,5-6H2. The van der Waals surface area contributed by atoms with E-state index in [-0.39, 0.29) is 6.10 Å². The van der Waals surface area contributed by atoms with Gasteiger partial charge < -0.3 is 9.47 Å². The fraction of sp³-hybridized carbons (Fsp3) is 0.333. The van der Waals surface area contributed by atoms with Gasteiger partial charge in [-0.1, -0.05) is 0 Å². The molecule has 0 bridgehead atoms. The van der Waals surface area contributed by atoms with Gasteiger partial charge in [-0.2, -0.15) is 3.94 Å². The fourth-order valence-corrected chi connectivity index (χ4v) is 1.23. The summed E-state index contributed by atoms with van der Waals surface area (Å²) in [5, 5.41) is 0. The third kappa shape index (κ3) is 2.67. The van der Waals surface area contributed by atoms with Crippen molar-refractivity contribution in [3.8, 4) is 5.75 Å². The van der Waals surface area contributed by atoms with Gasteiger partial charge in [-0.25, -0.2) is 0 Å². The fourth-order valence-electron chi connectivity index (χ4n) is 1.01. The number of epoxide rings is 1. The summed E-state index contributed by atoms with van der Waals surface area (Å²) >= 11 is 11.1. The Hall–Kier alpha value is -0.640. The van der Waals surface area contributed by atoms with Crippen LogP contribution in [0.3, 0.4) is 0 Å². The molecule has 1 aromatic carbocycles. The lowest BCUT2D eigenvalue weighted by molar-refractivity contribution is 0.263. The molecular formula is C9H9Cl2NO2. The highest BCUT2D eigenvalue weighted by Crippen LogP contribution is 2.23. The van der Waals surface area contributed by atoms with Gasteiger partial charge in [-0.3, -0.25) is 0 Å². The zero-order valence-electron chi connectivity index (χ0n) is 7.32. The second-order valence-electron chi connectivity index (χ2n) is 2.99. The molecule has 0 aromatic heterocycles. The first-order valence-corrected chi connectivity index (χ1v) is 4.89. The molecule has 1 aliphatic rings. The molecular weight excluding hydrogens is 225 g/mol. The Bertz CT molecular complexity index is 298. The summed E-state index contributed by atoms with van der Waals surface area (Å²) in [6, 6.07) is 7.19. The summed E-state index contributed by atoms with van der Waals surface area (Å²) in [4.78, 5) is 0. The van der Waals surface area contributed by atoms with Gasteiger partial charge in [0, 0.05) is 23.6 Å². The van der Waals surface area contributed by atoms with Crippen LogP contribution in [0.2, 0.25) is 0 Å². The molecule has 0 saturated carbocycles. The SMILES string of the molecule is ClN(Cl)c1ccc(OCC2CO2)cc1. The Kier molecular flexibility index (Phi) is 3.01. The normalized spacial score (nSPS) is 19.1. The summed E-state index contributed by atoms with van der Waals surface area (Å²) in [5.41, 5.74) is 0.711. The van der Waals surface area contributed by atoms with Crippen molar-refractivity contribution < 1.29 is 9.47 Å². The third-order valence-electron chi connectivity index (χ3n) is 1.87. The van der Waals surface area contributed by atoms with Crippen molar-refractivity contribution >= 4 is 29.2 Å². The van der Waals surface area contributed by atoms with E-state index in [2.05, 4.69) is 0 Å². The van der Waals surface area contributed by atoms with Crippen LogP contribution in [0, 0.1) is 0 Å². The molecule has 1 atom stereocenters. The van der Waals surface area contributed by atoms with E-state index in [9.17, 15) is 0 Å². The van der Waals surface area contributed by atoms with Crippen molar-refractivity contribution in [2.75, 3.05) is 17.2 Å². The minimum Gasteiger partial charge on any atom is -0.491 e. The number of hydrogen-bond donors (Lipinski definition) is 0. The van der Waals surface area contributed by atoms with Crippen molar-refractivity contribution in [1.29, 1.82) is 0 Å². The minimum atomic E-state index is 0.271. The monoisotopic (exact) mass is 233 g/mol. The molecule has 3 nitrogen and oxygen atoms in total. The second-order valence-corrected chi connectivity index (χ2v) is 3.84. The summed E-state index contributed by atoms with van der Waals surface area (Å²) < 4.78 is 11.5. The molecule has 14 heavy (non-hydrogen) atoms. The number of benzene rings is 1. The number of hydrogen-bond acceptors (Lipinski definition) is 3. The summed E-state index contributed by atoms with van der Waals surface area (Å²) in [5.74, 6) is 0.791. The van der Waals surface area contributed by atoms with Crippen molar-refractivity contribution in [3.05, 3.63) is 24.3 Å². The van der Waals surface area contributed by atoms with Gasteiger partial charge in [0.1, 0.15) is 18.5 Å². The highest BCUT2D eigenvalue weighted by molar-refractivity contribution is 6.49. The van der Waals surface area contributed by atoms with Crippen molar-refractivity contribution in [2.24, 2.45) is 0 Å². The zero-order valence-corrected chi connectivity index (χ0v) is 8.83. The molecule has 1 saturated heterocycles. The molecule has 1 aromatic rings. The van der Waals surface area contributed by atoms with Crippen molar-refractivity contribution in [2.45, 2.75) is 6.10 Å². The van der Waals surface area contributed by atoms with Crippen LogP contribution in [0.25, 0.3) is 0 Å². The third-order valence-corrected chi connectivity index (χ3v) is 2.26. The Morgan fingerprint density at radius 2 is 2.00 bits per heavy atom. The maximum absolute atomic E-state index is 5.53. The Labute approximate surface area is 92.3 Å². The van der Waals surface area contributed by atoms with Crippen molar-refractivity contribution in [3.63, 3.8) is 0 Å². The van der Waals surface area contributed by atoms with Gasteiger partial charge in [-0.05, 0) is 24.3 Å². The van der Waals surface area contributed by atoms with Crippen LogP contribution in [-0.4, -0.2) is 19.3 Å². The lowest BCUT2D eigenvalue weighted by atomic mass is 10.3. The average Bonchev–Trinajstić information content (AvgIpc) is 2.99. The molecule has 5 heteroatoms. The molecule has 0 amide bonds. The quantitative estimate of drug-likeness (QED) is 0.591. The molecule has 76 valence electrons. The van der Waals surface area contributed by atoms with E-state index in [0.29, 0.717) is 12.3 Å². The summed E-state index contributed by atoms with van der Waals surface area (Å²) in [6.07, 6.45) is 0.271. The number of rotatable bonds is 4. The molecule has 0 radical (unpaired) electrons. The van der Waals surface area contributed by atoms with E-state index >= 15 is 0 Å². The predicted molar refractivity (Wildman–Crippen MR) is 55.9 cm³/mol. The molecule has 0 N–H and O–H groups in total. The first-order valence-electron chi connectivity index (χ1n) is 4.22. The molecule has 0 spiro atoms. The number of halogens is 2. The molecule has 1 heterocycles. The van der Waals surface area contributed by atoms with Gasteiger partial charge in [0.25, 0.3) is 0 Å². The van der Waals surface area contributed by atoms with Crippen LogP contribution < -0.4 is 8.67 Å². The lowest BCUT2D eigenvalue weighted by Gasteiger charge is -2.07. The maximum atomic E-state index is 5.53. The van der Waals surface area contributed by atoms with E-state index in [1.165, 1.54) is 0 Å². The van der Waals surface area contributed by atoms with Gasteiger partial charge in [0.2, 0.25) is 0 Å². The Morgan fingerprint density at radius 3 is 2.50 bits per heavy atom. The van der Waals surface area contributed by atoms with Crippen LogP contribution in [0.1, 0.15) is 0 Å². The Balaban J connectivity index is 1.91. The highest BCUT2D eigenvalue weighted by atomic mass is 35.5. The smallest absolute Gasteiger partial charge is 0.119 e. The number of anilines is 1. The van der Waals surface area contributed by atoms with E-state index in [1.54, 1.807) is 12.1 Å². The van der Waals surface area contributed by atoms with E-state index in [1.807, 2.05) is 12.1 Å². The van der Waals surface area contributed by atoms with Crippen LogP contribution >= 0.6 is 23.6 Å². The van der Waals surface area contributed by atoms with Gasteiger partial charge in [0.05, 0.1) is 12.3 Å². The zero-order chi connectivity index (χ0) is 9.97. The highest BCUT2D eigenvalue weighted by Gasteiger charge is 2.22. The van der Waals surface area contributed by atoms with Crippen LogP contribution in [0.4, 0.5) is 5.69 Å². The topological polar surface area (TPSA) is 25.0 Å². The summed E-state index contributed by atoms with van der Waals surface area (Å²) in [7, 11) is 0. The number of ether oxygens (including phenoxy) is 2. The lowest BCUT2D eigenvalue weighted by Crippen LogP contribution is -2.03. The molecule has 2 rings (SSSR count). The molecule has 1 fully saturated rings. The maximum Gasteiger partial charge on any atom is 0.119 e. The second kappa shape index (κ2) is 4.26. The van der Waals surface area contributed by atoms with Crippen LogP contribution in [0.5, 0.6) is 5.75 Å². The molecule has 0 aliphatic carbocycles. The van der Waals surface area contributed by atoms with Gasteiger partial charge >= 0.3 is 0 Å². The first-order chi connectivity index (χ1) is 6.75.